The van der Waals surface area contributed by atoms with Crippen LogP contribution in [0.1, 0.15) is 5.56 Å². The van der Waals surface area contributed by atoms with E-state index in [9.17, 15) is 13.2 Å². The van der Waals surface area contributed by atoms with Gasteiger partial charge in [0, 0.05) is 11.1 Å². The molecule has 0 radical (unpaired) electrons. The number of rotatable bonds is 2. The van der Waals surface area contributed by atoms with Gasteiger partial charge >= 0.3 is 6.18 Å². The third-order valence-electron chi connectivity index (χ3n) is 3.45. The second kappa shape index (κ2) is 5.15. The van der Waals surface area contributed by atoms with Crippen LogP contribution in [0, 0.1) is 0 Å². The van der Waals surface area contributed by atoms with E-state index in [2.05, 4.69) is 25.6 Å². The fourth-order valence-corrected chi connectivity index (χ4v) is 2.38. The molecule has 2 aromatic carbocycles. The van der Waals surface area contributed by atoms with Crippen LogP contribution in [0.4, 0.5) is 13.2 Å². The second-order valence-electron chi connectivity index (χ2n) is 4.98. The van der Waals surface area contributed by atoms with E-state index in [0.29, 0.717) is 22.5 Å². The highest BCUT2D eigenvalue weighted by Gasteiger charge is 2.34. The van der Waals surface area contributed by atoms with Gasteiger partial charge in [-0.3, -0.25) is 0 Å². The summed E-state index contributed by atoms with van der Waals surface area (Å²) in [5.41, 5.74) is 0.496. The molecule has 9 heteroatoms. The summed E-state index contributed by atoms with van der Waals surface area (Å²) in [5.74, 6) is 0.264. The summed E-state index contributed by atoms with van der Waals surface area (Å²) in [5, 5.41) is 13.5. The van der Waals surface area contributed by atoms with Gasteiger partial charge in [-0.25, -0.2) is 4.98 Å². The molecule has 0 bridgehead atoms. The molecular weight excluding hydrogens is 323 g/mol. The first-order valence-corrected chi connectivity index (χ1v) is 6.83. The Hall–Kier alpha value is -3.23. The zero-order chi connectivity index (χ0) is 16.7. The predicted molar refractivity (Wildman–Crippen MR) is 77.6 cm³/mol. The number of nitrogens with zero attached hydrogens (tertiary/aromatic N) is 4. The van der Waals surface area contributed by atoms with Gasteiger partial charge in [-0.15, -0.1) is 10.2 Å². The number of tetrazole rings is 1. The van der Waals surface area contributed by atoms with Crippen molar-refractivity contribution in [3.8, 4) is 22.8 Å². The summed E-state index contributed by atoms with van der Waals surface area (Å²) in [7, 11) is 0. The SMILES string of the molecule is FC(F)(F)c1ccccc1-c1nc2cc(-c3nn[nH]n3)ccc2o1. The first-order valence-electron chi connectivity index (χ1n) is 6.83. The number of hydrogen-bond acceptors (Lipinski definition) is 5. The van der Waals surface area contributed by atoms with Crippen molar-refractivity contribution < 1.29 is 17.6 Å². The molecule has 0 atom stereocenters. The quantitative estimate of drug-likeness (QED) is 0.606. The van der Waals surface area contributed by atoms with Crippen molar-refractivity contribution in [1.29, 1.82) is 0 Å². The third kappa shape index (κ3) is 2.39. The number of aromatic amines is 1. The van der Waals surface area contributed by atoms with Crippen LogP contribution in [0.25, 0.3) is 33.9 Å². The minimum atomic E-state index is -4.49. The topological polar surface area (TPSA) is 80.5 Å². The summed E-state index contributed by atoms with van der Waals surface area (Å²) >= 11 is 0. The van der Waals surface area contributed by atoms with Crippen LogP contribution in [0.3, 0.4) is 0 Å². The maximum absolute atomic E-state index is 13.1. The lowest BCUT2D eigenvalue weighted by Crippen LogP contribution is -2.06. The van der Waals surface area contributed by atoms with Gasteiger partial charge in [0.2, 0.25) is 11.7 Å². The van der Waals surface area contributed by atoms with Gasteiger partial charge in [-0.05, 0) is 35.5 Å². The summed E-state index contributed by atoms with van der Waals surface area (Å²) in [6, 6.07) is 10.1. The van der Waals surface area contributed by atoms with Crippen LogP contribution in [-0.2, 0) is 6.18 Å². The molecule has 1 N–H and O–H groups in total. The molecule has 0 saturated carbocycles. The molecule has 0 spiro atoms. The number of alkyl halides is 3. The Morgan fingerprint density at radius 1 is 1.04 bits per heavy atom. The van der Waals surface area contributed by atoms with Crippen molar-refractivity contribution in [2.75, 3.05) is 0 Å². The second-order valence-corrected chi connectivity index (χ2v) is 4.98. The van der Waals surface area contributed by atoms with Gasteiger partial charge in [0.1, 0.15) is 5.52 Å². The first kappa shape index (κ1) is 14.4. The highest BCUT2D eigenvalue weighted by atomic mass is 19.4. The lowest BCUT2D eigenvalue weighted by Gasteiger charge is -2.09. The van der Waals surface area contributed by atoms with Crippen LogP contribution in [-0.4, -0.2) is 25.6 Å². The average Bonchev–Trinajstić information content (AvgIpc) is 3.22. The predicted octanol–water partition coefficient (Wildman–Crippen LogP) is 3.69. The lowest BCUT2D eigenvalue weighted by molar-refractivity contribution is -0.137. The molecule has 0 aliphatic carbocycles. The van der Waals surface area contributed by atoms with Crippen LogP contribution < -0.4 is 0 Å². The third-order valence-corrected chi connectivity index (χ3v) is 3.45. The number of benzene rings is 2. The molecule has 0 unspecified atom stereocenters. The zero-order valence-electron chi connectivity index (χ0n) is 11.9. The number of hydrogen-bond donors (Lipinski definition) is 1. The number of H-pyrrole nitrogens is 1. The number of nitrogens with one attached hydrogen (secondary N) is 1. The van der Waals surface area contributed by atoms with Gasteiger partial charge in [-0.1, -0.05) is 12.1 Å². The van der Waals surface area contributed by atoms with Crippen LogP contribution in [0.5, 0.6) is 0 Å². The Labute approximate surface area is 132 Å². The molecule has 6 nitrogen and oxygen atoms in total. The highest BCUT2D eigenvalue weighted by molar-refractivity contribution is 5.81. The Kier molecular flexibility index (Phi) is 3.08. The monoisotopic (exact) mass is 331 g/mol. The van der Waals surface area contributed by atoms with Gasteiger partial charge < -0.3 is 4.42 Å². The Morgan fingerprint density at radius 3 is 2.62 bits per heavy atom. The Bertz CT molecular complexity index is 1010. The normalized spacial score (nSPS) is 12.0. The molecule has 4 aromatic rings. The van der Waals surface area contributed by atoms with Crippen molar-refractivity contribution >= 4 is 11.1 Å². The van der Waals surface area contributed by atoms with E-state index in [-0.39, 0.29) is 11.5 Å². The van der Waals surface area contributed by atoms with Crippen LogP contribution in [0.15, 0.2) is 46.9 Å². The van der Waals surface area contributed by atoms with E-state index in [1.807, 2.05) is 0 Å². The maximum atomic E-state index is 13.1. The molecule has 0 aliphatic heterocycles. The minimum Gasteiger partial charge on any atom is -0.436 e. The molecular formula is C15H8F3N5O. The summed E-state index contributed by atoms with van der Waals surface area (Å²) in [4.78, 5) is 4.17. The Morgan fingerprint density at radius 2 is 1.88 bits per heavy atom. The minimum absolute atomic E-state index is 0.0943. The number of fused-ring (bicyclic) bond motifs is 1. The molecule has 2 heterocycles. The van der Waals surface area contributed by atoms with E-state index in [1.165, 1.54) is 18.2 Å². The van der Waals surface area contributed by atoms with Crippen molar-refractivity contribution in [3.05, 3.63) is 48.0 Å². The molecule has 120 valence electrons. The van der Waals surface area contributed by atoms with Gasteiger partial charge in [0.25, 0.3) is 0 Å². The van der Waals surface area contributed by atoms with Crippen LogP contribution in [0.2, 0.25) is 0 Å². The van der Waals surface area contributed by atoms with Gasteiger partial charge in [-0.2, -0.15) is 18.4 Å². The van der Waals surface area contributed by atoms with Gasteiger partial charge in [0.15, 0.2) is 5.58 Å². The first-order chi connectivity index (χ1) is 11.5. The van der Waals surface area contributed by atoms with Crippen molar-refractivity contribution in [1.82, 2.24) is 25.6 Å². The smallest absolute Gasteiger partial charge is 0.417 e. The van der Waals surface area contributed by atoms with E-state index in [4.69, 9.17) is 4.42 Å². The highest BCUT2D eigenvalue weighted by Crippen LogP contribution is 2.37. The molecule has 24 heavy (non-hydrogen) atoms. The summed E-state index contributed by atoms with van der Waals surface area (Å²) in [6.45, 7) is 0. The average molecular weight is 331 g/mol. The number of halogens is 3. The van der Waals surface area contributed by atoms with E-state index in [0.717, 1.165) is 6.07 Å². The maximum Gasteiger partial charge on any atom is 0.417 e. The largest absolute Gasteiger partial charge is 0.436 e. The molecule has 0 fully saturated rings. The molecule has 0 saturated heterocycles. The van der Waals surface area contributed by atoms with E-state index in [1.54, 1.807) is 18.2 Å². The van der Waals surface area contributed by atoms with Gasteiger partial charge in [0.05, 0.1) is 5.56 Å². The summed E-state index contributed by atoms with van der Waals surface area (Å²) < 4.78 is 44.9. The molecule has 4 rings (SSSR count). The zero-order valence-corrected chi connectivity index (χ0v) is 11.9. The standard InChI is InChI=1S/C15H8F3N5O/c16-15(17,18)10-4-2-1-3-9(10)14-19-11-7-8(5-6-12(11)24-14)13-20-22-23-21-13/h1-7H,(H,20,21,22,23). The fourth-order valence-electron chi connectivity index (χ4n) is 2.38. The molecule has 2 aromatic heterocycles. The lowest BCUT2D eigenvalue weighted by atomic mass is 10.1. The van der Waals surface area contributed by atoms with E-state index < -0.39 is 11.7 Å². The number of oxazole rings is 1. The van der Waals surface area contributed by atoms with Crippen molar-refractivity contribution in [3.63, 3.8) is 0 Å². The molecule has 0 aliphatic rings. The fraction of sp³-hybridized carbons (Fsp3) is 0.0667. The van der Waals surface area contributed by atoms with Crippen molar-refractivity contribution in [2.24, 2.45) is 0 Å². The molecule has 0 amide bonds. The van der Waals surface area contributed by atoms with Crippen molar-refractivity contribution in [2.45, 2.75) is 6.18 Å². The Balaban J connectivity index is 1.85. The van der Waals surface area contributed by atoms with Crippen LogP contribution >= 0.6 is 0 Å². The number of aromatic nitrogens is 5. The summed E-state index contributed by atoms with van der Waals surface area (Å²) in [6.07, 6.45) is -4.49. The van der Waals surface area contributed by atoms with E-state index >= 15 is 0 Å².